The van der Waals surface area contributed by atoms with Crippen LogP contribution in [0.2, 0.25) is 0 Å². The summed E-state index contributed by atoms with van der Waals surface area (Å²) in [7, 11) is 1.36. The topological polar surface area (TPSA) is 85.4 Å². The highest BCUT2D eigenvalue weighted by atomic mass is 32.2. The second-order valence-electron chi connectivity index (χ2n) is 7.05. The van der Waals surface area contributed by atoms with Gasteiger partial charge in [0, 0.05) is 17.5 Å². The number of nitrogens with zero attached hydrogens (tertiary/aromatic N) is 1. The number of benzene rings is 1. The summed E-state index contributed by atoms with van der Waals surface area (Å²) in [6, 6.07) is 5.60. The van der Waals surface area contributed by atoms with Gasteiger partial charge in [-0.15, -0.1) is 11.3 Å². The van der Waals surface area contributed by atoms with E-state index in [1.165, 1.54) is 30.2 Å². The number of amides is 1. The Morgan fingerprint density at radius 2 is 2.27 bits per heavy atom. The molecule has 6 nitrogen and oxygen atoms in total. The summed E-state index contributed by atoms with van der Waals surface area (Å²) in [5.41, 5.74) is 1.56. The monoisotopic (exact) mass is 388 g/mol. The Morgan fingerprint density at radius 1 is 1.42 bits per heavy atom. The molecule has 2 aromatic rings. The zero-order valence-electron chi connectivity index (χ0n) is 13.9. The minimum absolute atomic E-state index is 0.0278. The first-order valence-corrected chi connectivity index (χ1v) is 10.3. The summed E-state index contributed by atoms with van der Waals surface area (Å²) in [5.74, 6) is 0.970. The molecule has 26 heavy (non-hydrogen) atoms. The van der Waals surface area contributed by atoms with Gasteiger partial charge in [-0.1, -0.05) is 11.8 Å². The molecule has 0 saturated heterocycles. The van der Waals surface area contributed by atoms with Crippen molar-refractivity contribution in [3.8, 4) is 0 Å². The van der Waals surface area contributed by atoms with Crippen LogP contribution in [0.15, 0.2) is 22.5 Å². The lowest BCUT2D eigenvalue weighted by Gasteiger charge is -2.13. The molecular weight excluding hydrogens is 372 g/mol. The number of Topliss-reactive ketones (excluding diaryl/α,β-unsaturated/α-hetero) is 1. The summed E-state index contributed by atoms with van der Waals surface area (Å²) in [6.07, 6.45) is 0.904. The largest absolute Gasteiger partial charge is 0.468 e. The molecule has 1 heterocycles. The van der Waals surface area contributed by atoms with Gasteiger partial charge in [0.1, 0.15) is 5.78 Å². The first-order chi connectivity index (χ1) is 12.6. The van der Waals surface area contributed by atoms with E-state index in [0.29, 0.717) is 17.6 Å². The van der Waals surface area contributed by atoms with Gasteiger partial charge in [0.15, 0.2) is 4.34 Å². The average Bonchev–Trinajstić information content (AvgIpc) is 3.00. The van der Waals surface area contributed by atoms with Crippen molar-refractivity contribution in [2.45, 2.75) is 10.8 Å². The number of methoxy groups -OCH3 is 1. The van der Waals surface area contributed by atoms with Crippen LogP contribution >= 0.6 is 23.1 Å². The lowest BCUT2D eigenvalue weighted by molar-refractivity contribution is -0.137. The number of ether oxygens (including phenoxy) is 1. The molecule has 0 spiro atoms. The summed E-state index contributed by atoms with van der Waals surface area (Å²) in [5, 5.41) is 2.99. The van der Waals surface area contributed by atoms with E-state index in [1.807, 2.05) is 18.2 Å². The Morgan fingerprint density at radius 3 is 2.92 bits per heavy atom. The number of nitrogens with one attached hydrogen (secondary N) is 1. The Bertz CT molecular complexity index is 956. The number of hydrogen-bond acceptors (Lipinski definition) is 7. The van der Waals surface area contributed by atoms with Crippen LogP contribution in [-0.2, 0) is 19.1 Å². The van der Waals surface area contributed by atoms with Crippen molar-refractivity contribution in [2.24, 2.45) is 29.6 Å². The lowest BCUT2D eigenvalue weighted by Crippen LogP contribution is -2.27. The molecule has 134 valence electrons. The Labute approximate surface area is 157 Å². The van der Waals surface area contributed by atoms with Gasteiger partial charge in [0.05, 0.1) is 29.0 Å². The molecule has 4 aliphatic carbocycles. The molecule has 5 atom stereocenters. The highest BCUT2D eigenvalue weighted by Gasteiger charge is 2.75. The minimum Gasteiger partial charge on any atom is -0.468 e. The number of carbonyl (C=O) groups is 3. The summed E-state index contributed by atoms with van der Waals surface area (Å²) < 4.78 is 6.37. The fourth-order valence-corrected chi connectivity index (χ4v) is 6.59. The summed E-state index contributed by atoms with van der Waals surface area (Å²) in [4.78, 5) is 40.4. The van der Waals surface area contributed by atoms with E-state index in [4.69, 9.17) is 0 Å². The van der Waals surface area contributed by atoms with Crippen molar-refractivity contribution in [2.75, 3.05) is 18.2 Å². The predicted octanol–water partition coefficient (Wildman–Crippen LogP) is 2.58. The first kappa shape index (κ1) is 16.3. The van der Waals surface area contributed by atoms with E-state index in [9.17, 15) is 14.4 Å². The van der Waals surface area contributed by atoms with Crippen molar-refractivity contribution in [1.82, 2.24) is 4.98 Å². The van der Waals surface area contributed by atoms with Crippen molar-refractivity contribution >= 4 is 56.7 Å². The number of thioether (sulfide) groups is 1. The Kier molecular flexibility index (Phi) is 3.62. The van der Waals surface area contributed by atoms with Gasteiger partial charge in [-0.25, -0.2) is 4.98 Å². The molecule has 4 saturated carbocycles. The van der Waals surface area contributed by atoms with Gasteiger partial charge in [0.25, 0.3) is 0 Å². The maximum Gasteiger partial charge on any atom is 0.316 e. The highest BCUT2D eigenvalue weighted by Crippen LogP contribution is 2.71. The normalized spacial score (nSPS) is 30.7. The third-order valence-electron chi connectivity index (χ3n) is 5.78. The number of ketones is 1. The molecule has 0 aliphatic heterocycles. The average molecular weight is 388 g/mol. The van der Waals surface area contributed by atoms with E-state index in [0.717, 1.165) is 26.7 Å². The molecule has 4 aliphatic rings. The molecule has 1 amide bonds. The number of anilines is 1. The van der Waals surface area contributed by atoms with Gasteiger partial charge in [-0.3, -0.25) is 14.4 Å². The third-order valence-corrected chi connectivity index (χ3v) is 7.91. The van der Waals surface area contributed by atoms with Crippen molar-refractivity contribution < 1.29 is 19.1 Å². The predicted molar refractivity (Wildman–Crippen MR) is 98.1 cm³/mol. The van der Waals surface area contributed by atoms with Crippen LogP contribution in [-0.4, -0.2) is 35.5 Å². The molecule has 1 aromatic carbocycles. The number of aromatic nitrogens is 1. The van der Waals surface area contributed by atoms with Gasteiger partial charge in [-0.2, -0.15) is 0 Å². The fourth-order valence-electron chi connectivity index (χ4n) is 4.65. The second kappa shape index (κ2) is 5.79. The van der Waals surface area contributed by atoms with E-state index in [2.05, 4.69) is 15.0 Å². The number of esters is 1. The molecule has 0 radical (unpaired) electrons. The minimum atomic E-state index is -0.287. The lowest BCUT2D eigenvalue weighted by atomic mass is 9.96. The van der Waals surface area contributed by atoms with Crippen LogP contribution in [0, 0.1) is 29.6 Å². The molecule has 6 rings (SSSR count). The number of fused-ring (bicyclic) bond motifs is 1. The van der Waals surface area contributed by atoms with Crippen LogP contribution in [0.3, 0.4) is 0 Å². The van der Waals surface area contributed by atoms with Crippen LogP contribution < -0.4 is 5.32 Å². The van der Waals surface area contributed by atoms with E-state index >= 15 is 0 Å². The van der Waals surface area contributed by atoms with Crippen molar-refractivity contribution in [1.29, 1.82) is 0 Å². The second-order valence-corrected chi connectivity index (χ2v) is 9.31. The zero-order chi connectivity index (χ0) is 18.0. The number of thiazole rings is 1. The molecule has 4 bridgehead atoms. The Hall–Kier alpha value is -1.93. The van der Waals surface area contributed by atoms with Gasteiger partial charge in [-0.05, 0) is 36.5 Å². The molecule has 5 unspecified atom stereocenters. The standard InChI is InChI=1S/C18H16N2O4S2/c1-24-12(21)6-25-18-20-10-3-2-7(4-11(10)26-18)19-17(23)15-9-5-8-13(15)14(8)16(9)22/h2-4,8-9,13-15H,5-6H2,1H3,(H,19,23). The smallest absolute Gasteiger partial charge is 0.316 e. The van der Waals surface area contributed by atoms with Gasteiger partial charge in [0.2, 0.25) is 5.91 Å². The summed E-state index contributed by atoms with van der Waals surface area (Å²) in [6.45, 7) is 0. The molecule has 1 aromatic heterocycles. The Balaban J connectivity index is 1.30. The van der Waals surface area contributed by atoms with Gasteiger partial charge < -0.3 is 10.1 Å². The molecule has 1 N–H and O–H groups in total. The zero-order valence-corrected chi connectivity index (χ0v) is 15.6. The third kappa shape index (κ3) is 2.39. The highest BCUT2D eigenvalue weighted by molar-refractivity contribution is 8.01. The molecular formula is C18H16N2O4S2. The van der Waals surface area contributed by atoms with Gasteiger partial charge >= 0.3 is 5.97 Å². The fraction of sp³-hybridized carbons (Fsp3) is 0.444. The van der Waals surface area contributed by atoms with E-state index in [1.54, 1.807) is 0 Å². The molecule has 8 heteroatoms. The maximum absolute atomic E-state index is 12.7. The van der Waals surface area contributed by atoms with Crippen LogP contribution in [0.4, 0.5) is 5.69 Å². The molecule has 4 fully saturated rings. The van der Waals surface area contributed by atoms with Crippen molar-refractivity contribution in [3.05, 3.63) is 18.2 Å². The van der Waals surface area contributed by atoms with E-state index < -0.39 is 0 Å². The SMILES string of the molecule is COC(=O)CSc1nc2ccc(NC(=O)C3C4CC5C(C4=O)C53)cc2s1. The number of carbonyl (C=O) groups excluding carboxylic acids is 3. The van der Waals surface area contributed by atoms with E-state index in [-0.39, 0.29) is 35.4 Å². The first-order valence-electron chi connectivity index (χ1n) is 8.51. The number of hydrogen-bond donors (Lipinski definition) is 1. The van der Waals surface area contributed by atoms with Crippen LogP contribution in [0.5, 0.6) is 0 Å². The quantitative estimate of drug-likeness (QED) is 0.626. The van der Waals surface area contributed by atoms with Crippen LogP contribution in [0.25, 0.3) is 10.2 Å². The number of rotatable bonds is 5. The van der Waals surface area contributed by atoms with Crippen molar-refractivity contribution in [3.63, 3.8) is 0 Å². The maximum atomic E-state index is 12.7. The summed E-state index contributed by atoms with van der Waals surface area (Å²) >= 11 is 2.82. The van der Waals surface area contributed by atoms with Crippen LogP contribution in [0.1, 0.15) is 6.42 Å².